The van der Waals surface area contributed by atoms with Crippen LogP contribution in [0.5, 0.6) is 0 Å². The first-order valence-electron chi connectivity index (χ1n) is 14.6. The molecule has 202 valence electrons. The van der Waals surface area contributed by atoms with Crippen LogP contribution < -0.4 is 5.32 Å². The lowest BCUT2D eigenvalue weighted by Crippen LogP contribution is -2.35. The van der Waals surface area contributed by atoms with Crippen molar-refractivity contribution in [1.29, 1.82) is 0 Å². The smallest absolute Gasteiger partial charge is 0.234 e. The van der Waals surface area contributed by atoms with Gasteiger partial charge in [0.2, 0.25) is 5.96 Å². The molecule has 43 heavy (non-hydrogen) atoms. The van der Waals surface area contributed by atoms with E-state index in [1.807, 2.05) is 0 Å². The van der Waals surface area contributed by atoms with Crippen LogP contribution in [0.3, 0.4) is 0 Å². The molecule has 1 aromatic heterocycles. The standard InChI is InChI=1S/C39H26N4/c1-3-12-28-23-30(19-17-25(28)9-1)37-40-38(31-20-18-26-10-2-4-13-29(26)24-31)42-39(41-37)43-34-16-8-7-15-33(34)36-32-14-6-5-11-27(32)21-22-35(36)43/h1-24,37H,(H,40,41,42). The molecule has 8 aromatic rings. The zero-order chi connectivity index (χ0) is 28.3. The van der Waals surface area contributed by atoms with Gasteiger partial charge >= 0.3 is 0 Å². The lowest BCUT2D eigenvalue weighted by Gasteiger charge is -2.24. The van der Waals surface area contributed by atoms with Crippen LogP contribution in [0.25, 0.3) is 54.1 Å². The number of aromatic nitrogens is 1. The molecule has 1 atom stereocenters. The monoisotopic (exact) mass is 550 g/mol. The summed E-state index contributed by atoms with van der Waals surface area (Å²) in [4.78, 5) is 10.5. The zero-order valence-electron chi connectivity index (χ0n) is 23.3. The van der Waals surface area contributed by atoms with Gasteiger partial charge in [0.25, 0.3) is 0 Å². The summed E-state index contributed by atoms with van der Waals surface area (Å²) in [6.45, 7) is 0. The van der Waals surface area contributed by atoms with E-state index in [4.69, 9.17) is 9.98 Å². The molecule has 0 saturated heterocycles. The predicted molar refractivity (Wildman–Crippen MR) is 180 cm³/mol. The number of rotatable bonds is 2. The van der Waals surface area contributed by atoms with Gasteiger partial charge in [-0.2, -0.15) is 4.99 Å². The first-order chi connectivity index (χ1) is 21.3. The largest absolute Gasteiger partial charge is 0.344 e. The van der Waals surface area contributed by atoms with Gasteiger partial charge in [0.15, 0.2) is 0 Å². The Kier molecular flexibility index (Phi) is 5.23. The minimum atomic E-state index is -0.310. The zero-order valence-corrected chi connectivity index (χ0v) is 23.3. The number of nitrogens with one attached hydrogen (secondary N) is 1. The summed E-state index contributed by atoms with van der Waals surface area (Å²) in [5, 5.41) is 13.3. The van der Waals surface area contributed by atoms with Gasteiger partial charge in [0.05, 0.1) is 11.0 Å². The normalized spacial score (nSPS) is 15.2. The summed E-state index contributed by atoms with van der Waals surface area (Å²) < 4.78 is 2.23. The van der Waals surface area contributed by atoms with E-state index < -0.39 is 0 Å². The Morgan fingerprint density at radius 3 is 1.95 bits per heavy atom. The highest BCUT2D eigenvalue weighted by atomic mass is 15.3. The summed E-state index contributed by atoms with van der Waals surface area (Å²) in [5.74, 6) is 1.47. The van der Waals surface area contributed by atoms with Crippen molar-refractivity contribution in [2.45, 2.75) is 6.17 Å². The van der Waals surface area contributed by atoms with E-state index in [2.05, 4.69) is 155 Å². The maximum Gasteiger partial charge on any atom is 0.234 e. The average Bonchev–Trinajstić information content (AvgIpc) is 3.42. The van der Waals surface area contributed by atoms with Crippen LogP contribution in [0, 0.1) is 0 Å². The van der Waals surface area contributed by atoms with Crippen LogP contribution >= 0.6 is 0 Å². The van der Waals surface area contributed by atoms with E-state index in [9.17, 15) is 0 Å². The van der Waals surface area contributed by atoms with Crippen LogP contribution in [0.4, 0.5) is 0 Å². The molecule has 0 amide bonds. The molecule has 1 aliphatic rings. The molecule has 0 spiro atoms. The molecular weight excluding hydrogens is 524 g/mol. The third kappa shape index (κ3) is 3.84. The molecule has 1 aliphatic heterocycles. The predicted octanol–water partition coefficient (Wildman–Crippen LogP) is 9.21. The molecule has 0 saturated carbocycles. The van der Waals surface area contributed by atoms with Crippen molar-refractivity contribution in [2.75, 3.05) is 0 Å². The number of benzene rings is 7. The molecule has 4 nitrogen and oxygen atoms in total. The second kappa shape index (κ2) is 9.40. The SMILES string of the molecule is c1ccc2cc(C3=NC(n4c5ccccc5c5c6ccccc6ccc54)=NC(c4ccc5ccccc5c4)N3)ccc2c1. The summed E-state index contributed by atoms with van der Waals surface area (Å²) in [6.07, 6.45) is -0.310. The van der Waals surface area contributed by atoms with Gasteiger partial charge in [-0.15, -0.1) is 0 Å². The van der Waals surface area contributed by atoms with E-state index in [0.717, 1.165) is 28.0 Å². The van der Waals surface area contributed by atoms with E-state index in [-0.39, 0.29) is 6.17 Å². The van der Waals surface area contributed by atoms with Crippen molar-refractivity contribution in [3.63, 3.8) is 0 Å². The summed E-state index contributed by atoms with van der Waals surface area (Å²) in [7, 11) is 0. The second-order valence-electron chi connectivity index (χ2n) is 11.1. The Balaban J connectivity index is 1.31. The third-order valence-corrected chi connectivity index (χ3v) is 8.60. The van der Waals surface area contributed by atoms with Gasteiger partial charge in [-0.25, -0.2) is 4.99 Å². The van der Waals surface area contributed by atoms with E-state index in [1.165, 1.54) is 43.1 Å². The van der Waals surface area contributed by atoms with Gasteiger partial charge in [0.1, 0.15) is 12.0 Å². The highest BCUT2D eigenvalue weighted by molar-refractivity contribution is 6.24. The molecule has 4 heteroatoms. The van der Waals surface area contributed by atoms with Crippen molar-refractivity contribution in [3.05, 3.63) is 157 Å². The Labute approximate surface area is 248 Å². The minimum Gasteiger partial charge on any atom is -0.344 e. The maximum atomic E-state index is 5.30. The van der Waals surface area contributed by atoms with Crippen molar-refractivity contribution in [2.24, 2.45) is 9.98 Å². The highest BCUT2D eigenvalue weighted by Crippen LogP contribution is 2.36. The second-order valence-corrected chi connectivity index (χ2v) is 11.1. The topological polar surface area (TPSA) is 41.7 Å². The van der Waals surface area contributed by atoms with Crippen molar-refractivity contribution in [1.82, 2.24) is 9.88 Å². The van der Waals surface area contributed by atoms with Gasteiger partial charge in [0, 0.05) is 16.3 Å². The van der Waals surface area contributed by atoms with Crippen molar-refractivity contribution < 1.29 is 0 Å². The lowest BCUT2D eigenvalue weighted by atomic mass is 10.0. The number of hydrogen-bond donors (Lipinski definition) is 1. The average molecular weight is 551 g/mol. The molecule has 9 rings (SSSR count). The molecule has 0 fully saturated rings. The highest BCUT2D eigenvalue weighted by Gasteiger charge is 2.24. The van der Waals surface area contributed by atoms with Crippen LogP contribution in [-0.4, -0.2) is 16.4 Å². The summed E-state index contributed by atoms with van der Waals surface area (Å²) in [5.41, 5.74) is 4.31. The first-order valence-corrected chi connectivity index (χ1v) is 14.6. The number of aliphatic imine (C=N–C) groups is 2. The molecule has 0 bridgehead atoms. The fourth-order valence-corrected chi connectivity index (χ4v) is 6.52. The molecule has 1 N–H and O–H groups in total. The number of fused-ring (bicyclic) bond motifs is 7. The number of para-hydroxylation sites is 1. The summed E-state index contributed by atoms with van der Waals surface area (Å²) >= 11 is 0. The van der Waals surface area contributed by atoms with Crippen molar-refractivity contribution in [3.8, 4) is 0 Å². The van der Waals surface area contributed by atoms with E-state index in [0.29, 0.717) is 5.96 Å². The Bertz CT molecular complexity index is 2450. The van der Waals surface area contributed by atoms with Gasteiger partial charge in [-0.05, 0) is 62.1 Å². The first kappa shape index (κ1) is 23.9. The van der Waals surface area contributed by atoms with Gasteiger partial charge < -0.3 is 5.32 Å². The third-order valence-electron chi connectivity index (χ3n) is 8.60. The molecule has 0 aliphatic carbocycles. The van der Waals surface area contributed by atoms with Crippen LogP contribution in [0.15, 0.2) is 156 Å². The number of hydrogen-bond acceptors (Lipinski definition) is 3. The fourth-order valence-electron chi connectivity index (χ4n) is 6.52. The number of nitrogens with zero attached hydrogens (tertiary/aromatic N) is 3. The van der Waals surface area contributed by atoms with Crippen LogP contribution in [0.1, 0.15) is 17.3 Å². The van der Waals surface area contributed by atoms with Crippen molar-refractivity contribution >= 4 is 65.9 Å². The van der Waals surface area contributed by atoms with Crippen LogP contribution in [-0.2, 0) is 0 Å². The van der Waals surface area contributed by atoms with Crippen LogP contribution in [0.2, 0.25) is 0 Å². The van der Waals surface area contributed by atoms with Gasteiger partial charge in [-0.1, -0.05) is 121 Å². The molecule has 7 aromatic carbocycles. The quantitative estimate of drug-likeness (QED) is 0.229. The molecule has 1 unspecified atom stereocenters. The van der Waals surface area contributed by atoms with E-state index >= 15 is 0 Å². The van der Waals surface area contributed by atoms with Gasteiger partial charge in [-0.3, -0.25) is 4.57 Å². The molecule has 2 heterocycles. The number of amidine groups is 1. The Morgan fingerprint density at radius 1 is 0.512 bits per heavy atom. The minimum absolute atomic E-state index is 0.310. The maximum absolute atomic E-state index is 5.30. The Hall–Kier alpha value is -5.74. The van der Waals surface area contributed by atoms with E-state index in [1.54, 1.807) is 0 Å². The lowest BCUT2D eigenvalue weighted by molar-refractivity contribution is 0.669. The molecular formula is C39H26N4. The Morgan fingerprint density at radius 2 is 1.14 bits per heavy atom. The fraction of sp³-hybridized carbons (Fsp3) is 0.0256. The summed E-state index contributed by atoms with van der Waals surface area (Å²) in [6, 6.07) is 51.6. The molecule has 0 radical (unpaired) electrons.